The molecule has 1 unspecified atom stereocenters. The van der Waals surface area contributed by atoms with E-state index in [2.05, 4.69) is 22.5 Å². The van der Waals surface area contributed by atoms with Gasteiger partial charge in [-0.15, -0.1) is 11.3 Å². The third-order valence-electron chi connectivity index (χ3n) is 3.00. The topological polar surface area (TPSA) is 78.4 Å². The largest absolute Gasteiger partial charge is 0.395 e. The normalized spacial score (nSPS) is 14.8. The quantitative estimate of drug-likeness (QED) is 0.707. The molecule has 1 atom stereocenters. The van der Waals surface area contributed by atoms with Gasteiger partial charge in [0.25, 0.3) is 5.91 Å². The highest BCUT2D eigenvalue weighted by Gasteiger charge is 2.26. The molecule has 1 fully saturated rings. The Labute approximate surface area is 127 Å². The number of hydrogen-bond donors (Lipinski definition) is 3. The molecule has 21 heavy (non-hydrogen) atoms. The van der Waals surface area contributed by atoms with Gasteiger partial charge in [-0.1, -0.05) is 11.8 Å². The molecule has 1 saturated carbocycles. The summed E-state index contributed by atoms with van der Waals surface area (Å²) in [6, 6.07) is 1.47. The minimum atomic E-state index is -0.571. The molecule has 1 aromatic rings. The Morgan fingerprint density at radius 3 is 2.95 bits per heavy atom. The zero-order chi connectivity index (χ0) is 15.2. The summed E-state index contributed by atoms with van der Waals surface area (Å²) in [7, 11) is 0. The SMILES string of the molecule is CC(NC(=O)c1sccc1C#CCCO)C(=O)NC1CC1. The lowest BCUT2D eigenvalue weighted by atomic mass is 10.2. The maximum Gasteiger partial charge on any atom is 0.263 e. The van der Waals surface area contributed by atoms with Gasteiger partial charge in [0.1, 0.15) is 10.9 Å². The van der Waals surface area contributed by atoms with Crippen LogP contribution in [0.25, 0.3) is 0 Å². The number of amides is 2. The summed E-state index contributed by atoms with van der Waals surface area (Å²) in [4.78, 5) is 24.5. The molecular weight excluding hydrogens is 288 g/mol. The van der Waals surface area contributed by atoms with Crippen molar-refractivity contribution < 1.29 is 14.7 Å². The van der Waals surface area contributed by atoms with E-state index in [9.17, 15) is 9.59 Å². The summed E-state index contributed by atoms with van der Waals surface area (Å²) in [6.45, 7) is 1.66. The fourth-order valence-electron chi connectivity index (χ4n) is 1.68. The van der Waals surface area contributed by atoms with Gasteiger partial charge in [-0.25, -0.2) is 0 Å². The number of carbonyl (C=O) groups excluding carboxylic acids is 2. The number of rotatable bonds is 5. The van der Waals surface area contributed by atoms with Crippen LogP contribution in [0, 0.1) is 11.8 Å². The molecule has 6 heteroatoms. The van der Waals surface area contributed by atoms with Crippen LogP contribution in [0.4, 0.5) is 0 Å². The van der Waals surface area contributed by atoms with Gasteiger partial charge in [0.05, 0.1) is 6.61 Å². The molecule has 2 amide bonds. The lowest BCUT2D eigenvalue weighted by Crippen LogP contribution is -2.45. The van der Waals surface area contributed by atoms with E-state index in [0.717, 1.165) is 12.8 Å². The average Bonchev–Trinajstić information content (AvgIpc) is 3.14. The highest BCUT2D eigenvalue weighted by atomic mass is 32.1. The molecule has 3 N–H and O–H groups in total. The Kier molecular flexibility index (Phi) is 5.37. The molecule has 0 aliphatic heterocycles. The summed E-state index contributed by atoms with van der Waals surface area (Å²) in [5, 5.41) is 16.0. The van der Waals surface area contributed by atoms with Crippen molar-refractivity contribution in [1.82, 2.24) is 10.6 Å². The second-order valence-electron chi connectivity index (χ2n) is 4.92. The van der Waals surface area contributed by atoms with Crippen molar-refractivity contribution in [2.45, 2.75) is 38.3 Å². The fraction of sp³-hybridized carbons (Fsp3) is 0.467. The van der Waals surface area contributed by atoms with Crippen molar-refractivity contribution in [3.8, 4) is 11.8 Å². The maximum absolute atomic E-state index is 12.2. The zero-order valence-electron chi connectivity index (χ0n) is 11.8. The highest BCUT2D eigenvalue weighted by molar-refractivity contribution is 7.12. The number of hydrogen-bond acceptors (Lipinski definition) is 4. The number of nitrogens with one attached hydrogen (secondary N) is 2. The first-order valence-electron chi connectivity index (χ1n) is 6.90. The van der Waals surface area contributed by atoms with Gasteiger partial charge in [-0.3, -0.25) is 9.59 Å². The van der Waals surface area contributed by atoms with Crippen LogP contribution in [0.3, 0.4) is 0 Å². The van der Waals surface area contributed by atoms with Gasteiger partial charge in [-0.05, 0) is 31.2 Å². The maximum atomic E-state index is 12.2. The van der Waals surface area contributed by atoms with Crippen LogP contribution in [0.15, 0.2) is 11.4 Å². The van der Waals surface area contributed by atoms with E-state index in [0.29, 0.717) is 16.9 Å². The molecule has 0 aromatic carbocycles. The monoisotopic (exact) mass is 306 g/mol. The minimum Gasteiger partial charge on any atom is -0.395 e. The molecule has 1 aliphatic rings. The summed E-state index contributed by atoms with van der Waals surface area (Å²) < 4.78 is 0. The van der Waals surface area contributed by atoms with E-state index >= 15 is 0 Å². The van der Waals surface area contributed by atoms with Crippen LogP contribution in [-0.2, 0) is 4.79 Å². The van der Waals surface area contributed by atoms with Gasteiger partial charge in [0, 0.05) is 18.0 Å². The summed E-state index contributed by atoms with van der Waals surface area (Å²) in [6.07, 6.45) is 2.40. The van der Waals surface area contributed by atoms with Gasteiger partial charge < -0.3 is 15.7 Å². The van der Waals surface area contributed by atoms with Crippen molar-refractivity contribution in [3.05, 3.63) is 21.9 Å². The van der Waals surface area contributed by atoms with Crippen molar-refractivity contribution in [1.29, 1.82) is 0 Å². The Balaban J connectivity index is 1.95. The molecular formula is C15H18N2O3S. The molecule has 0 spiro atoms. The smallest absolute Gasteiger partial charge is 0.263 e. The van der Waals surface area contributed by atoms with E-state index < -0.39 is 6.04 Å². The van der Waals surface area contributed by atoms with Crippen LogP contribution in [0.2, 0.25) is 0 Å². The van der Waals surface area contributed by atoms with E-state index in [1.807, 2.05) is 0 Å². The highest BCUT2D eigenvalue weighted by Crippen LogP contribution is 2.19. The molecule has 112 valence electrons. The standard InChI is InChI=1S/C15H18N2O3S/c1-10(14(19)17-12-5-6-12)16-15(20)13-11(7-9-21-13)4-2-3-8-18/h7,9-10,12,18H,3,5-6,8H2,1H3,(H,16,20)(H,17,19). The molecule has 1 aromatic heterocycles. The Morgan fingerprint density at radius 2 is 2.29 bits per heavy atom. The van der Waals surface area contributed by atoms with Gasteiger partial charge in [0.2, 0.25) is 5.91 Å². The molecule has 5 nitrogen and oxygen atoms in total. The Morgan fingerprint density at radius 1 is 1.52 bits per heavy atom. The molecule has 0 radical (unpaired) electrons. The number of carbonyl (C=O) groups is 2. The molecule has 0 saturated heterocycles. The van der Waals surface area contributed by atoms with Crippen molar-refractivity contribution in [2.75, 3.05) is 6.61 Å². The van der Waals surface area contributed by atoms with Gasteiger partial charge >= 0.3 is 0 Å². The summed E-state index contributed by atoms with van der Waals surface area (Å²) in [5.74, 6) is 5.20. The lowest BCUT2D eigenvalue weighted by molar-refractivity contribution is -0.122. The fourth-order valence-corrected chi connectivity index (χ4v) is 2.43. The first-order valence-corrected chi connectivity index (χ1v) is 7.78. The van der Waals surface area contributed by atoms with Crippen molar-refractivity contribution >= 4 is 23.2 Å². The lowest BCUT2D eigenvalue weighted by Gasteiger charge is -2.13. The van der Waals surface area contributed by atoms with E-state index in [1.165, 1.54) is 11.3 Å². The zero-order valence-corrected chi connectivity index (χ0v) is 12.6. The molecule has 1 heterocycles. The minimum absolute atomic E-state index is 0.00294. The average molecular weight is 306 g/mol. The third kappa shape index (κ3) is 4.59. The predicted octanol–water partition coefficient (Wildman–Crippen LogP) is 0.879. The van der Waals surface area contributed by atoms with Crippen LogP contribution < -0.4 is 10.6 Å². The summed E-state index contributed by atoms with van der Waals surface area (Å²) in [5.41, 5.74) is 0.626. The molecule has 2 rings (SSSR count). The van der Waals surface area contributed by atoms with Crippen molar-refractivity contribution in [2.24, 2.45) is 0 Å². The Bertz CT molecular complexity index is 581. The van der Waals surface area contributed by atoms with Crippen LogP contribution in [-0.4, -0.2) is 35.6 Å². The number of aliphatic hydroxyl groups is 1. The van der Waals surface area contributed by atoms with E-state index in [1.54, 1.807) is 18.4 Å². The van der Waals surface area contributed by atoms with Gasteiger partial charge in [0.15, 0.2) is 0 Å². The van der Waals surface area contributed by atoms with Crippen LogP contribution in [0.5, 0.6) is 0 Å². The van der Waals surface area contributed by atoms with E-state index in [4.69, 9.17) is 5.11 Å². The first kappa shape index (κ1) is 15.5. The second kappa shape index (κ2) is 7.25. The van der Waals surface area contributed by atoms with Crippen LogP contribution >= 0.6 is 11.3 Å². The predicted molar refractivity (Wildman–Crippen MR) is 81.0 cm³/mol. The molecule has 1 aliphatic carbocycles. The van der Waals surface area contributed by atoms with E-state index in [-0.39, 0.29) is 24.5 Å². The third-order valence-corrected chi connectivity index (χ3v) is 3.91. The summed E-state index contributed by atoms with van der Waals surface area (Å²) >= 11 is 1.29. The Hall–Kier alpha value is -1.84. The number of thiophene rings is 1. The van der Waals surface area contributed by atoms with Crippen molar-refractivity contribution in [3.63, 3.8) is 0 Å². The first-order chi connectivity index (χ1) is 10.1. The van der Waals surface area contributed by atoms with Gasteiger partial charge in [-0.2, -0.15) is 0 Å². The molecule has 0 bridgehead atoms. The number of aliphatic hydroxyl groups excluding tert-OH is 1. The second-order valence-corrected chi connectivity index (χ2v) is 5.83. The van der Waals surface area contributed by atoms with Crippen LogP contribution in [0.1, 0.15) is 41.4 Å².